The second-order valence-electron chi connectivity index (χ2n) is 4.05. The van der Waals surface area contributed by atoms with Crippen LogP contribution in [0.4, 0.5) is 11.5 Å². The Bertz CT molecular complexity index is 925. The van der Waals surface area contributed by atoms with E-state index in [2.05, 4.69) is 18.5 Å². The fraction of sp³-hybridized carbons (Fsp3) is 0. The van der Waals surface area contributed by atoms with Crippen molar-refractivity contribution in [2.45, 2.75) is 4.90 Å². The number of fused-ring (bicyclic) bond motifs is 1. The fourth-order valence-electron chi connectivity index (χ4n) is 1.74. The van der Waals surface area contributed by atoms with Crippen LogP contribution < -0.4 is 10.5 Å². The number of pyridine rings is 1. The standard InChI is InChI=1S/C11H8ClN5O2S2/c12-6-3-4-7-10(16-20-15-7)9(6)17-21(18,19)8-2-1-5-14-11(8)13/h1-5,17H,(H2,13,14). The lowest BCUT2D eigenvalue weighted by molar-refractivity contribution is 0.601. The molecule has 0 bridgehead atoms. The quantitative estimate of drug-likeness (QED) is 0.754. The maximum absolute atomic E-state index is 12.4. The van der Waals surface area contributed by atoms with E-state index in [0.29, 0.717) is 11.0 Å². The molecule has 2 aromatic heterocycles. The van der Waals surface area contributed by atoms with E-state index in [0.717, 1.165) is 11.7 Å². The molecule has 10 heteroatoms. The summed E-state index contributed by atoms with van der Waals surface area (Å²) >= 11 is 7.03. The molecule has 3 N–H and O–H groups in total. The van der Waals surface area contributed by atoms with Gasteiger partial charge in [0.15, 0.2) is 0 Å². The average Bonchev–Trinajstić information content (AvgIpc) is 2.91. The molecule has 0 saturated heterocycles. The molecule has 0 radical (unpaired) electrons. The summed E-state index contributed by atoms with van der Waals surface area (Å²) in [5.74, 6) is -0.0929. The minimum Gasteiger partial charge on any atom is -0.383 e. The molecular weight excluding hydrogens is 334 g/mol. The Kier molecular flexibility index (Phi) is 3.40. The lowest BCUT2D eigenvalue weighted by atomic mass is 10.3. The van der Waals surface area contributed by atoms with Crippen LogP contribution in [-0.4, -0.2) is 22.1 Å². The summed E-state index contributed by atoms with van der Waals surface area (Å²) in [4.78, 5) is 3.64. The fourth-order valence-corrected chi connectivity index (χ4v) is 3.71. The zero-order valence-electron chi connectivity index (χ0n) is 10.3. The molecule has 7 nitrogen and oxygen atoms in total. The van der Waals surface area contributed by atoms with Gasteiger partial charge in [0.1, 0.15) is 21.7 Å². The van der Waals surface area contributed by atoms with Gasteiger partial charge in [0.05, 0.1) is 22.4 Å². The summed E-state index contributed by atoms with van der Waals surface area (Å²) in [6, 6.07) is 6.06. The molecule has 3 aromatic rings. The van der Waals surface area contributed by atoms with Crippen molar-refractivity contribution in [3.63, 3.8) is 0 Å². The number of rotatable bonds is 3. The molecule has 2 heterocycles. The van der Waals surface area contributed by atoms with E-state index in [9.17, 15) is 8.42 Å². The van der Waals surface area contributed by atoms with Crippen molar-refractivity contribution < 1.29 is 8.42 Å². The van der Waals surface area contributed by atoms with Crippen molar-refractivity contribution in [3.8, 4) is 0 Å². The van der Waals surface area contributed by atoms with Crippen LogP contribution in [0.25, 0.3) is 11.0 Å². The molecule has 0 saturated carbocycles. The van der Waals surface area contributed by atoms with Crippen molar-refractivity contribution in [3.05, 3.63) is 35.5 Å². The van der Waals surface area contributed by atoms with Crippen molar-refractivity contribution in [1.29, 1.82) is 0 Å². The lowest BCUT2D eigenvalue weighted by Gasteiger charge is -2.10. The molecule has 21 heavy (non-hydrogen) atoms. The second kappa shape index (κ2) is 5.10. The van der Waals surface area contributed by atoms with E-state index >= 15 is 0 Å². The molecular formula is C11H8ClN5O2S2. The van der Waals surface area contributed by atoms with Gasteiger partial charge in [0.2, 0.25) is 0 Å². The molecule has 0 amide bonds. The van der Waals surface area contributed by atoms with Gasteiger partial charge in [-0.15, -0.1) is 0 Å². The van der Waals surface area contributed by atoms with E-state index in [1.807, 2.05) is 0 Å². The molecule has 0 unspecified atom stereocenters. The van der Waals surface area contributed by atoms with Gasteiger partial charge < -0.3 is 5.73 Å². The largest absolute Gasteiger partial charge is 0.383 e. The van der Waals surface area contributed by atoms with Gasteiger partial charge in [-0.1, -0.05) is 11.6 Å². The maximum Gasteiger partial charge on any atom is 0.265 e. The minimum atomic E-state index is -3.92. The Morgan fingerprint density at radius 2 is 2.05 bits per heavy atom. The summed E-state index contributed by atoms with van der Waals surface area (Å²) < 4.78 is 35.3. The second-order valence-corrected chi connectivity index (χ2v) is 6.63. The van der Waals surface area contributed by atoms with Gasteiger partial charge in [0.25, 0.3) is 10.0 Å². The Labute approximate surface area is 129 Å². The molecule has 0 fully saturated rings. The van der Waals surface area contributed by atoms with Crippen LogP contribution in [0.15, 0.2) is 35.4 Å². The first-order valence-electron chi connectivity index (χ1n) is 5.63. The Morgan fingerprint density at radius 3 is 2.81 bits per heavy atom. The number of halogens is 1. The third-order valence-corrected chi connectivity index (χ3v) is 4.96. The zero-order valence-corrected chi connectivity index (χ0v) is 12.7. The highest BCUT2D eigenvalue weighted by molar-refractivity contribution is 7.93. The SMILES string of the molecule is Nc1ncccc1S(=O)(=O)Nc1c(Cl)ccc2nsnc12. The number of nitrogens with one attached hydrogen (secondary N) is 1. The van der Waals surface area contributed by atoms with E-state index < -0.39 is 10.0 Å². The van der Waals surface area contributed by atoms with E-state index in [1.54, 1.807) is 12.1 Å². The number of nitrogen functional groups attached to an aromatic ring is 1. The van der Waals surface area contributed by atoms with Gasteiger partial charge in [-0.2, -0.15) is 8.75 Å². The number of benzene rings is 1. The van der Waals surface area contributed by atoms with E-state index in [-0.39, 0.29) is 21.4 Å². The molecule has 0 aliphatic carbocycles. The van der Waals surface area contributed by atoms with Crippen LogP contribution in [0.3, 0.4) is 0 Å². The van der Waals surface area contributed by atoms with Crippen molar-refractivity contribution >= 4 is 55.9 Å². The number of anilines is 2. The summed E-state index contributed by atoms with van der Waals surface area (Å²) in [6.45, 7) is 0. The van der Waals surface area contributed by atoms with Gasteiger partial charge in [0, 0.05) is 6.20 Å². The summed E-state index contributed by atoms with van der Waals surface area (Å²) in [7, 11) is -3.92. The van der Waals surface area contributed by atoms with Crippen LogP contribution >= 0.6 is 23.3 Å². The topological polar surface area (TPSA) is 111 Å². The Morgan fingerprint density at radius 1 is 1.24 bits per heavy atom. The number of sulfonamides is 1. The zero-order chi connectivity index (χ0) is 15.0. The normalized spacial score (nSPS) is 11.7. The van der Waals surface area contributed by atoms with E-state index in [1.165, 1.54) is 18.3 Å². The van der Waals surface area contributed by atoms with Gasteiger partial charge in [-0.3, -0.25) is 4.72 Å². The first-order valence-corrected chi connectivity index (χ1v) is 8.22. The van der Waals surface area contributed by atoms with Crippen molar-refractivity contribution in [2.24, 2.45) is 0 Å². The van der Waals surface area contributed by atoms with Crippen LogP contribution in [0.2, 0.25) is 5.02 Å². The molecule has 0 spiro atoms. The smallest absolute Gasteiger partial charge is 0.265 e. The first kappa shape index (κ1) is 14.0. The predicted molar refractivity (Wildman–Crippen MR) is 81.9 cm³/mol. The maximum atomic E-state index is 12.4. The summed E-state index contributed by atoms with van der Waals surface area (Å²) in [5.41, 5.74) is 6.72. The monoisotopic (exact) mass is 341 g/mol. The predicted octanol–water partition coefficient (Wildman–Crippen LogP) is 2.12. The van der Waals surface area contributed by atoms with Gasteiger partial charge >= 0.3 is 0 Å². The molecule has 1 aromatic carbocycles. The van der Waals surface area contributed by atoms with E-state index in [4.69, 9.17) is 17.3 Å². The highest BCUT2D eigenvalue weighted by Gasteiger charge is 2.21. The number of nitrogens with zero attached hydrogens (tertiary/aromatic N) is 3. The van der Waals surface area contributed by atoms with Crippen molar-refractivity contribution in [1.82, 2.24) is 13.7 Å². The number of nitrogens with two attached hydrogens (primary N) is 1. The molecule has 0 atom stereocenters. The molecule has 0 aliphatic rings. The third-order valence-electron chi connectivity index (χ3n) is 2.70. The third kappa shape index (κ3) is 2.50. The minimum absolute atomic E-state index is 0.0929. The number of hydrogen-bond donors (Lipinski definition) is 2. The van der Waals surface area contributed by atoms with Crippen molar-refractivity contribution in [2.75, 3.05) is 10.5 Å². The van der Waals surface area contributed by atoms with Gasteiger partial charge in [-0.25, -0.2) is 13.4 Å². The number of aromatic nitrogens is 3. The first-order chi connectivity index (χ1) is 9.99. The highest BCUT2D eigenvalue weighted by atomic mass is 35.5. The molecule has 108 valence electrons. The molecule has 0 aliphatic heterocycles. The summed E-state index contributed by atoms with van der Waals surface area (Å²) in [5, 5.41) is 0.223. The van der Waals surface area contributed by atoms with Crippen LogP contribution in [0.5, 0.6) is 0 Å². The number of hydrogen-bond acceptors (Lipinski definition) is 7. The highest BCUT2D eigenvalue weighted by Crippen LogP contribution is 2.32. The average molecular weight is 342 g/mol. The Balaban J connectivity index is 2.12. The van der Waals surface area contributed by atoms with Crippen LogP contribution in [-0.2, 0) is 10.0 Å². The van der Waals surface area contributed by atoms with Crippen LogP contribution in [0.1, 0.15) is 0 Å². The molecule has 3 rings (SSSR count). The Hall–Kier alpha value is -1.97. The van der Waals surface area contributed by atoms with Gasteiger partial charge in [-0.05, 0) is 24.3 Å². The lowest BCUT2D eigenvalue weighted by Crippen LogP contribution is -2.16. The summed E-state index contributed by atoms with van der Waals surface area (Å²) in [6.07, 6.45) is 1.41. The van der Waals surface area contributed by atoms with Crippen LogP contribution in [0, 0.1) is 0 Å².